The number of ether oxygens (including phenoxy) is 2. The van der Waals surface area contributed by atoms with Crippen LogP contribution < -0.4 is 9.47 Å². The number of rotatable bonds is 7. The Bertz CT molecular complexity index is 729. The summed E-state index contributed by atoms with van der Waals surface area (Å²) < 4.78 is 13.0. The maximum atomic E-state index is 12.5. The monoisotopic (exact) mass is 357 g/mol. The number of amides is 1. The molecule has 6 heteroatoms. The van der Waals surface area contributed by atoms with Crippen LogP contribution in [0.25, 0.3) is 0 Å². The molecule has 2 heterocycles. The van der Waals surface area contributed by atoms with Gasteiger partial charge in [0.1, 0.15) is 11.5 Å². The molecule has 0 saturated carbocycles. The first-order chi connectivity index (χ1) is 12.6. The van der Waals surface area contributed by atoms with Crippen molar-refractivity contribution in [2.24, 2.45) is 5.92 Å². The summed E-state index contributed by atoms with van der Waals surface area (Å²) in [6.45, 7) is 4.81. The molecule has 26 heavy (non-hydrogen) atoms. The number of methoxy groups -OCH3 is 1. The van der Waals surface area contributed by atoms with Crippen molar-refractivity contribution in [3.63, 3.8) is 0 Å². The fourth-order valence-electron chi connectivity index (χ4n) is 3.29. The minimum atomic E-state index is 0.198. The SMILES string of the molecule is COc1cccc(OCC2CCCN(C(=O)CCn3ccc(C)n3)C2)c1. The van der Waals surface area contributed by atoms with Crippen LogP contribution in [-0.4, -0.2) is 47.4 Å². The molecule has 3 rings (SSSR count). The summed E-state index contributed by atoms with van der Waals surface area (Å²) in [5, 5.41) is 4.34. The Balaban J connectivity index is 1.46. The zero-order valence-corrected chi connectivity index (χ0v) is 15.6. The van der Waals surface area contributed by atoms with Crippen molar-refractivity contribution in [1.29, 1.82) is 0 Å². The number of carbonyl (C=O) groups is 1. The third-order valence-electron chi connectivity index (χ3n) is 4.73. The van der Waals surface area contributed by atoms with Gasteiger partial charge >= 0.3 is 0 Å². The van der Waals surface area contributed by atoms with Crippen LogP contribution in [0.5, 0.6) is 11.5 Å². The van der Waals surface area contributed by atoms with E-state index < -0.39 is 0 Å². The topological polar surface area (TPSA) is 56.6 Å². The van der Waals surface area contributed by atoms with Crippen molar-refractivity contribution in [2.45, 2.75) is 32.7 Å². The van der Waals surface area contributed by atoms with Crippen LogP contribution in [0.2, 0.25) is 0 Å². The normalized spacial score (nSPS) is 17.2. The highest BCUT2D eigenvalue weighted by molar-refractivity contribution is 5.76. The Morgan fingerprint density at radius 2 is 2.15 bits per heavy atom. The van der Waals surface area contributed by atoms with Gasteiger partial charge in [0.05, 0.1) is 19.4 Å². The van der Waals surface area contributed by atoms with Crippen LogP contribution in [0.15, 0.2) is 36.5 Å². The Morgan fingerprint density at radius 1 is 1.31 bits per heavy atom. The molecule has 2 aromatic rings. The zero-order valence-electron chi connectivity index (χ0n) is 15.6. The number of piperidine rings is 1. The number of hydrogen-bond donors (Lipinski definition) is 0. The fourth-order valence-corrected chi connectivity index (χ4v) is 3.29. The number of aromatic nitrogens is 2. The number of likely N-dealkylation sites (tertiary alicyclic amines) is 1. The Morgan fingerprint density at radius 3 is 2.92 bits per heavy atom. The summed E-state index contributed by atoms with van der Waals surface area (Å²) >= 11 is 0. The van der Waals surface area contributed by atoms with Gasteiger partial charge in [0.25, 0.3) is 0 Å². The van der Waals surface area contributed by atoms with E-state index in [2.05, 4.69) is 5.10 Å². The highest BCUT2D eigenvalue weighted by Gasteiger charge is 2.24. The highest BCUT2D eigenvalue weighted by Crippen LogP contribution is 2.22. The van der Waals surface area contributed by atoms with E-state index in [1.807, 2.05) is 53.0 Å². The Hall–Kier alpha value is -2.50. The number of nitrogens with zero attached hydrogens (tertiary/aromatic N) is 3. The molecule has 0 aliphatic carbocycles. The number of benzene rings is 1. The molecule has 0 spiro atoms. The predicted octanol–water partition coefficient (Wildman–Crippen LogP) is 2.91. The molecule has 1 fully saturated rings. The van der Waals surface area contributed by atoms with Gasteiger partial charge < -0.3 is 14.4 Å². The third-order valence-corrected chi connectivity index (χ3v) is 4.73. The Labute approximate surface area is 154 Å². The van der Waals surface area contributed by atoms with Gasteiger partial charge in [0, 0.05) is 44.2 Å². The zero-order chi connectivity index (χ0) is 18.4. The summed E-state index contributed by atoms with van der Waals surface area (Å²) in [5.41, 5.74) is 0.977. The lowest BCUT2D eigenvalue weighted by atomic mass is 9.98. The van der Waals surface area contributed by atoms with E-state index in [9.17, 15) is 4.79 Å². The van der Waals surface area contributed by atoms with Gasteiger partial charge in [-0.15, -0.1) is 0 Å². The fraction of sp³-hybridized carbons (Fsp3) is 0.500. The van der Waals surface area contributed by atoms with E-state index in [0.717, 1.165) is 43.1 Å². The largest absolute Gasteiger partial charge is 0.497 e. The minimum absolute atomic E-state index is 0.198. The van der Waals surface area contributed by atoms with Crippen molar-refractivity contribution < 1.29 is 14.3 Å². The quantitative estimate of drug-likeness (QED) is 0.765. The molecule has 1 unspecified atom stereocenters. The standard InChI is InChI=1S/C20H27N3O3/c1-16-8-11-23(21-16)12-9-20(24)22-10-4-5-17(14-22)15-26-19-7-3-6-18(13-19)25-2/h3,6-8,11,13,17H,4-5,9-10,12,14-15H2,1-2H3. The van der Waals surface area contributed by atoms with E-state index in [1.54, 1.807) is 7.11 Å². The maximum absolute atomic E-state index is 12.5. The van der Waals surface area contributed by atoms with E-state index in [1.165, 1.54) is 0 Å². The molecule has 0 N–H and O–H groups in total. The summed E-state index contributed by atoms with van der Waals surface area (Å²) in [5.74, 6) is 2.16. The molecule has 1 amide bonds. The lowest BCUT2D eigenvalue weighted by Crippen LogP contribution is -2.41. The average Bonchev–Trinajstić information content (AvgIpc) is 3.10. The smallest absolute Gasteiger partial charge is 0.224 e. The van der Waals surface area contributed by atoms with Crippen molar-refractivity contribution in [3.8, 4) is 11.5 Å². The van der Waals surface area contributed by atoms with Gasteiger partial charge in [-0.25, -0.2) is 0 Å². The van der Waals surface area contributed by atoms with Gasteiger partial charge in [0.15, 0.2) is 0 Å². The molecule has 140 valence electrons. The maximum Gasteiger partial charge on any atom is 0.224 e. The molecule has 1 atom stereocenters. The predicted molar refractivity (Wildman–Crippen MR) is 99.4 cm³/mol. The molecular weight excluding hydrogens is 330 g/mol. The molecule has 1 aromatic carbocycles. The van der Waals surface area contributed by atoms with E-state index in [-0.39, 0.29) is 5.91 Å². The second-order valence-electron chi connectivity index (χ2n) is 6.81. The van der Waals surface area contributed by atoms with Crippen LogP contribution in [0.3, 0.4) is 0 Å². The van der Waals surface area contributed by atoms with Crippen LogP contribution in [-0.2, 0) is 11.3 Å². The van der Waals surface area contributed by atoms with Crippen molar-refractivity contribution in [3.05, 3.63) is 42.2 Å². The van der Waals surface area contributed by atoms with Gasteiger partial charge in [-0.1, -0.05) is 6.07 Å². The van der Waals surface area contributed by atoms with Crippen LogP contribution in [0.1, 0.15) is 25.0 Å². The number of carbonyl (C=O) groups excluding carboxylic acids is 1. The first kappa shape index (κ1) is 18.3. The first-order valence-corrected chi connectivity index (χ1v) is 9.19. The lowest BCUT2D eigenvalue weighted by molar-refractivity contribution is -0.133. The second kappa shape index (κ2) is 8.74. The lowest BCUT2D eigenvalue weighted by Gasteiger charge is -2.32. The number of aryl methyl sites for hydroxylation is 2. The van der Waals surface area contributed by atoms with Crippen molar-refractivity contribution in [2.75, 3.05) is 26.8 Å². The van der Waals surface area contributed by atoms with Crippen LogP contribution >= 0.6 is 0 Å². The molecule has 0 radical (unpaired) electrons. The molecule has 1 aliphatic rings. The summed E-state index contributed by atoms with van der Waals surface area (Å²) in [6, 6.07) is 9.59. The van der Waals surface area contributed by atoms with Crippen molar-refractivity contribution >= 4 is 5.91 Å². The Kier molecular flexibility index (Phi) is 6.15. The molecule has 1 aromatic heterocycles. The molecule has 6 nitrogen and oxygen atoms in total. The molecule has 0 bridgehead atoms. The van der Waals surface area contributed by atoms with Crippen LogP contribution in [0.4, 0.5) is 0 Å². The van der Waals surface area contributed by atoms with Gasteiger partial charge in [-0.05, 0) is 38.0 Å². The average molecular weight is 357 g/mol. The highest BCUT2D eigenvalue weighted by atomic mass is 16.5. The minimum Gasteiger partial charge on any atom is -0.497 e. The molecular formula is C20H27N3O3. The van der Waals surface area contributed by atoms with Gasteiger partial charge in [0.2, 0.25) is 5.91 Å². The summed E-state index contributed by atoms with van der Waals surface area (Å²) in [4.78, 5) is 14.5. The summed E-state index contributed by atoms with van der Waals surface area (Å²) in [7, 11) is 1.65. The van der Waals surface area contributed by atoms with Gasteiger partial charge in [-0.2, -0.15) is 5.10 Å². The van der Waals surface area contributed by atoms with E-state index in [4.69, 9.17) is 9.47 Å². The molecule has 1 aliphatic heterocycles. The van der Waals surface area contributed by atoms with Crippen molar-refractivity contribution in [1.82, 2.24) is 14.7 Å². The van der Waals surface area contributed by atoms with E-state index in [0.29, 0.717) is 25.5 Å². The summed E-state index contributed by atoms with van der Waals surface area (Å²) in [6.07, 6.45) is 4.53. The molecule has 1 saturated heterocycles. The third kappa shape index (κ3) is 5.00. The first-order valence-electron chi connectivity index (χ1n) is 9.19. The number of hydrogen-bond acceptors (Lipinski definition) is 4. The van der Waals surface area contributed by atoms with E-state index >= 15 is 0 Å². The van der Waals surface area contributed by atoms with Crippen LogP contribution in [0, 0.1) is 12.8 Å². The van der Waals surface area contributed by atoms with Gasteiger partial charge in [-0.3, -0.25) is 9.48 Å². The second-order valence-corrected chi connectivity index (χ2v) is 6.81.